The van der Waals surface area contributed by atoms with Crippen LogP contribution in [-0.2, 0) is 5.33 Å². The van der Waals surface area contributed by atoms with Crippen molar-refractivity contribution in [2.75, 3.05) is 6.61 Å². The largest absolute Gasteiger partial charge is 0.396 e. The van der Waals surface area contributed by atoms with Crippen molar-refractivity contribution in [1.29, 1.82) is 0 Å². The first-order valence-electron chi connectivity index (χ1n) is 4.29. The molecule has 0 heterocycles. The van der Waals surface area contributed by atoms with E-state index in [1.165, 1.54) is 11.1 Å². The Hall–Kier alpha value is -0.600. The van der Waals surface area contributed by atoms with Gasteiger partial charge in [-0.05, 0) is 17.5 Å². The summed E-state index contributed by atoms with van der Waals surface area (Å²) in [6.07, 6.45) is 4.75. The number of halogens is 1. The summed E-state index contributed by atoms with van der Waals surface area (Å²) in [7, 11) is 0. The summed E-state index contributed by atoms with van der Waals surface area (Å²) in [6, 6.07) is 8.21. The van der Waals surface area contributed by atoms with E-state index >= 15 is 0 Å². The van der Waals surface area contributed by atoms with Gasteiger partial charge in [0.05, 0.1) is 0 Å². The molecule has 0 saturated carbocycles. The van der Waals surface area contributed by atoms with E-state index in [2.05, 4.69) is 28.1 Å². The monoisotopic (exact) mass is 240 g/mol. The zero-order chi connectivity index (χ0) is 9.52. The lowest BCUT2D eigenvalue weighted by atomic mass is 10.1. The van der Waals surface area contributed by atoms with E-state index in [-0.39, 0.29) is 6.61 Å². The molecule has 0 saturated heterocycles. The molecule has 1 rings (SSSR count). The van der Waals surface area contributed by atoms with E-state index in [0.717, 1.165) is 11.8 Å². The fourth-order valence-electron chi connectivity index (χ4n) is 1.10. The molecule has 0 aliphatic carbocycles. The maximum Gasteiger partial charge on any atom is 0.0465 e. The Kier molecular flexibility index (Phi) is 4.79. The summed E-state index contributed by atoms with van der Waals surface area (Å²) in [5, 5.41) is 9.48. The molecule has 0 radical (unpaired) electrons. The number of aliphatic hydroxyl groups is 1. The highest BCUT2D eigenvalue weighted by molar-refractivity contribution is 9.08. The Morgan fingerprint density at radius 1 is 1.31 bits per heavy atom. The van der Waals surface area contributed by atoms with E-state index in [0.29, 0.717) is 0 Å². The molecule has 0 unspecified atom stereocenters. The molecule has 1 nitrogen and oxygen atoms in total. The number of hydrogen-bond donors (Lipinski definition) is 1. The van der Waals surface area contributed by atoms with Gasteiger partial charge in [0.2, 0.25) is 0 Å². The Morgan fingerprint density at radius 3 is 2.77 bits per heavy atom. The molecule has 1 aromatic carbocycles. The highest BCUT2D eigenvalue weighted by atomic mass is 79.9. The molecule has 13 heavy (non-hydrogen) atoms. The van der Waals surface area contributed by atoms with Crippen molar-refractivity contribution < 1.29 is 5.11 Å². The summed E-state index contributed by atoms with van der Waals surface area (Å²) in [5.41, 5.74) is 2.49. The molecule has 1 aromatic rings. The van der Waals surface area contributed by atoms with E-state index in [4.69, 9.17) is 5.11 Å². The van der Waals surface area contributed by atoms with Gasteiger partial charge in [-0.1, -0.05) is 52.3 Å². The second kappa shape index (κ2) is 5.95. The van der Waals surface area contributed by atoms with Gasteiger partial charge in [0.15, 0.2) is 0 Å². The molecule has 0 aromatic heterocycles. The summed E-state index contributed by atoms with van der Waals surface area (Å²) in [5.74, 6) is 0. The Labute approximate surface area is 87.2 Å². The quantitative estimate of drug-likeness (QED) is 0.803. The maximum atomic E-state index is 8.61. The first kappa shape index (κ1) is 10.5. The Balaban J connectivity index is 2.74. The molecule has 0 aliphatic heterocycles. The average molecular weight is 241 g/mol. The van der Waals surface area contributed by atoms with Crippen LogP contribution >= 0.6 is 15.9 Å². The molecule has 1 N–H and O–H groups in total. The standard InChI is InChI=1S/C11H13BrO/c12-9-11-7-2-1-5-10(11)6-3-4-8-13/h1-3,5-7,13H,4,8-9H2. The van der Waals surface area contributed by atoms with Gasteiger partial charge < -0.3 is 5.11 Å². The number of hydrogen-bond acceptors (Lipinski definition) is 1. The molecular weight excluding hydrogens is 228 g/mol. The van der Waals surface area contributed by atoms with Crippen molar-refractivity contribution >= 4 is 22.0 Å². The van der Waals surface area contributed by atoms with Gasteiger partial charge >= 0.3 is 0 Å². The fourth-order valence-corrected chi connectivity index (χ4v) is 1.61. The topological polar surface area (TPSA) is 20.2 Å². The van der Waals surface area contributed by atoms with Crippen LogP contribution in [0.25, 0.3) is 6.08 Å². The zero-order valence-electron chi connectivity index (χ0n) is 7.41. The van der Waals surface area contributed by atoms with E-state index in [1.807, 2.05) is 24.3 Å². The second-order valence-corrected chi connectivity index (χ2v) is 3.31. The van der Waals surface area contributed by atoms with Crippen LogP contribution in [0.3, 0.4) is 0 Å². The minimum atomic E-state index is 0.215. The van der Waals surface area contributed by atoms with Crippen LogP contribution in [0.5, 0.6) is 0 Å². The van der Waals surface area contributed by atoms with Crippen LogP contribution in [0.2, 0.25) is 0 Å². The van der Waals surface area contributed by atoms with Crippen molar-refractivity contribution in [1.82, 2.24) is 0 Å². The molecule has 0 spiro atoms. The number of benzene rings is 1. The van der Waals surface area contributed by atoms with E-state index < -0.39 is 0 Å². The first-order valence-corrected chi connectivity index (χ1v) is 5.42. The van der Waals surface area contributed by atoms with Crippen LogP contribution in [0.4, 0.5) is 0 Å². The van der Waals surface area contributed by atoms with Gasteiger partial charge in [0.1, 0.15) is 0 Å². The molecule has 70 valence electrons. The third kappa shape index (κ3) is 3.33. The highest BCUT2D eigenvalue weighted by Gasteiger charge is 1.94. The van der Waals surface area contributed by atoms with Crippen LogP contribution in [-0.4, -0.2) is 11.7 Å². The van der Waals surface area contributed by atoms with Gasteiger partial charge in [-0.3, -0.25) is 0 Å². The Morgan fingerprint density at radius 2 is 2.08 bits per heavy atom. The molecule has 0 fully saturated rings. The van der Waals surface area contributed by atoms with Crippen LogP contribution in [0, 0.1) is 0 Å². The van der Waals surface area contributed by atoms with Gasteiger partial charge in [-0.15, -0.1) is 0 Å². The zero-order valence-corrected chi connectivity index (χ0v) is 9.00. The van der Waals surface area contributed by atoms with E-state index in [1.54, 1.807) is 0 Å². The number of alkyl halides is 1. The molecule has 0 amide bonds. The third-order valence-electron chi connectivity index (χ3n) is 1.79. The van der Waals surface area contributed by atoms with E-state index in [9.17, 15) is 0 Å². The SMILES string of the molecule is OCCC=Cc1ccccc1CBr. The van der Waals surface area contributed by atoms with Crippen LogP contribution in [0.1, 0.15) is 17.5 Å². The highest BCUT2D eigenvalue weighted by Crippen LogP contribution is 2.13. The summed E-state index contributed by atoms with van der Waals surface area (Å²) in [4.78, 5) is 0. The normalized spacial score (nSPS) is 10.9. The van der Waals surface area contributed by atoms with Crippen molar-refractivity contribution in [2.45, 2.75) is 11.8 Å². The maximum absolute atomic E-state index is 8.61. The molecule has 0 atom stereocenters. The lowest BCUT2D eigenvalue weighted by Crippen LogP contribution is -1.83. The van der Waals surface area contributed by atoms with Gasteiger partial charge in [-0.2, -0.15) is 0 Å². The van der Waals surface area contributed by atoms with Gasteiger partial charge in [0.25, 0.3) is 0 Å². The minimum absolute atomic E-state index is 0.215. The number of rotatable bonds is 4. The third-order valence-corrected chi connectivity index (χ3v) is 2.40. The van der Waals surface area contributed by atoms with Crippen molar-refractivity contribution in [3.63, 3.8) is 0 Å². The predicted octanol–water partition coefficient (Wildman–Crippen LogP) is 2.98. The minimum Gasteiger partial charge on any atom is -0.396 e. The fraction of sp³-hybridized carbons (Fsp3) is 0.273. The molecular formula is C11H13BrO. The van der Waals surface area contributed by atoms with Gasteiger partial charge in [0, 0.05) is 11.9 Å². The average Bonchev–Trinajstić information content (AvgIpc) is 2.19. The van der Waals surface area contributed by atoms with Crippen LogP contribution in [0.15, 0.2) is 30.3 Å². The first-order chi connectivity index (χ1) is 6.38. The molecule has 2 heteroatoms. The van der Waals surface area contributed by atoms with Crippen molar-refractivity contribution in [3.05, 3.63) is 41.5 Å². The Bertz CT molecular complexity index is 281. The van der Waals surface area contributed by atoms with Crippen molar-refractivity contribution in [2.24, 2.45) is 0 Å². The summed E-state index contributed by atoms with van der Waals surface area (Å²) in [6.45, 7) is 0.215. The summed E-state index contributed by atoms with van der Waals surface area (Å²) >= 11 is 3.43. The molecule has 0 bridgehead atoms. The smallest absolute Gasteiger partial charge is 0.0465 e. The number of aliphatic hydroxyl groups excluding tert-OH is 1. The molecule has 0 aliphatic rings. The van der Waals surface area contributed by atoms with Crippen molar-refractivity contribution in [3.8, 4) is 0 Å². The summed E-state index contributed by atoms with van der Waals surface area (Å²) < 4.78 is 0. The van der Waals surface area contributed by atoms with Gasteiger partial charge in [-0.25, -0.2) is 0 Å². The lowest BCUT2D eigenvalue weighted by molar-refractivity contribution is 0.303. The van der Waals surface area contributed by atoms with Crippen LogP contribution < -0.4 is 0 Å². The second-order valence-electron chi connectivity index (χ2n) is 2.75. The predicted molar refractivity (Wildman–Crippen MR) is 59.8 cm³/mol. The lowest BCUT2D eigenvalue weighted by Gasteiger charge is -2.00.